The molecule has 4 rings (SSSR count). The van der Waals surface area contributed by atoms with Crippen LogP contribution in [0.2, 0.25) is 0 Å². The van der Waals surface area contributed by atoms with Gasteiger partial charge < -0.3 is 25.0 Å². The van der Waals surface area contributed by atoms with Crippen LogP contribution in [0, 0.1) is 5.41 Å². The number of nitrogens with one attached hydrogen (secondary N) is 1. The number of cyclic esters (lactones) is 1. The Morgan fingerprint density at radius 1 is 1.19 bits per heavy atom. The minimum absolute atomic E-state index is 0.0272. The van der Waals surface area contributed by atoms with Crippen molar-refractivity contribution in [3.63, 3.8) is 0 Å². The van der Waals surface area contributed by atoms with E-state index in [1.807, 2.05) is 49.3 Å². The highest BCUT2D eigenvalue weighted by Crippen LogP contribution is 2.44. The molecule has 2 heterocycles. The molecule has 1 aromatic rings. The summed E-state index contributed by atoms with van der Waals surface area (Å²) in [4.78, 5) is 38.6. The number of carboxylic acid groups (broad SMARTS) is 1. The molecule has 2 saturated heterocycles. The summed E-state index contributed by atoms with van der Waals surface area (Å²) in [5.74, 6) is 0.138. The summed E-state index contributed by atoms with van der Waals surface area (Å²) >= 11 is 0. The van der Waals surface area contributed by atoms with Crippen molar-refractivity contribution < 1.29 is 24.2 Å². The van der Waals surface area contributed by atoms with Gasteiger partial charge in [-0.3, -0.25) is 14.4 Å². The number of likely N-dealkylation sites (N-methyl/N-ethyl adjacent to an activating group) is 1. The van der Waals surface area contributed by atoms with Crippen LogP contribution < -0.4 is 5.32 Å². The lowest BCUT2D eigenvalue weighted by Crippen LogP contribution is -2.55. The van der Waals surface area contributed by atoms with Crippen molar-refractivity contribution in [1.29, 1.82) is 0 Å². The largest absolute Gasteiger partial charge is 0.483 e. The molecule has 1 spiro atoms. The number of likely N-dealkylation sites (tertiary alicyclic amines) is 1. The van der Waals surface area contributed by atoms with Crippen LogP contribution in [0.15, 0.2) is 30.3 Å². The fourth-order valence-electron chi connectivity index (χ4n) is 5.36. The van der Waals surface area contributed by atoms with E-state index in [-0.39, 0.29) is 24.5 Å². The van der Waals surface area contributed by atoms with E-state index in [2.05, 4.69) is 10.2 Å². The Morgan fingerprint density at radius 2 is 1.78 bits per heavy atom. The number of carbonyl (C=O) groups is 3. The Labute approximate surface area is 189 Å². The molecule has 1 amide bonds. The van der Waals surface area contributed by atoms with Gasteiger partial charge in [-0.15, -0.1) is 0 Å². The summed E-state index contributed by atoms with van der Waals surface area (Å²) in [6.45, 7) is 1.79. The van der Waals surface area contributed by atoms with Gasteiger partial charge in [0.15, 0.2) is 0 Å². The second-order valence-corrected chi connectivity index (χ2v) is 9.45. The summed E-state index contributed by atoms with van der Waals surface area (Å²) in [6, 6.07) is 10.0. The number of para-hydroxylation sites is 1. The molecule has 1 unspecified atom stereocenters. The number of hydrogen-bond donors (Lipinski definition) is 2. The second kappa shape index (κ2) is 10.3. The van der Waals surface area contributed by atoms with Crippen molar-refractivity contribution in [3.05, 3.63) is 30.3 Å². The lowest BCUT2D eigenvalue weighted by atomic mass is 9.75. The molecule has 1 aliphatic carbocycles. The number of anilines is 1. The summed E-state index contributed by atoms with van der Waals surface area (Å²) in [5, 5.41) is 10.5. The topological polar surface area (TPSA) is 99.2 Å². The van der Waals surface area contributed by atoms with Crippen molar-refractivity contribution >= 4 is 24.0 Å². The summed E-state index contributed by atoms with van der Waals surface area (Å²) in [7, 11) is 4.00. The molecule has 2 aliphatic heterocycles. The molecule has 8 nitrogen and oxygen atoms in total. The average Bonchev–Trinajstić information content (AvgIpc) is 3.34. The maximum atomic E-state index is 13.6. The van der Waals surface area contributed by atoms with Gasteiger partial charge in [-0.25, -0.2) is 0 Å². The Hall–Kier alpha value is -2.61. The summed E-state index contributed by atoms with van der Waals surface area (Å²) in [6.07, 6.45) is 6.06. The molecule has 0 radical (unpaired) electrons. The van der Waals surface area contributed by atoms with Gasteiger partial charge in [-0.05, 0) is 51.9 Å². The highest BCUT2D eigenvalue weighted by atomic mass is 16.6. The zero-order valence-corrected chi connectivity index (χ0v) is 19.1. The molecule has 176 valence electrons. The number of piperidine rings is 1. The highest BCUT2D eigenvalue weighted by Gasteiger charge is 2.52. The zero-order chi connectivity index (χ0) is 23.2. The zero-order valence-electron chi connectivity index (χ0n) is 19.1. The van der Waals surface area contributed by atoms with Gasteiger partial charge in [0.1, 0.15) is 11.6 Å². The first kappa shape index (κ1) is 24.0. The van der Waals surface area contributed by atoms with Crippen LogP contribution >= 0.6 is 0 Å². The van der Waals surface area contributed by atoms with E-state index in [9.17, 15) is 9.59 Å². The van der Waals surface area contributed by atoms with E-state index >= 15 is 0 Å². The number of hydrogen-bond acceptors (Lipinski definition) is 6. The van der Waals surface area contributed by atoms with E-state index in [0.29, 0.717) is 25.9 Å². The molecular weight excluding hydrogens is 410 g/mol. The van der Waals surface area contributed by atoms with Gasteiger partial charge in [0.05, 0.1) is 5.41 Å². The molecule has 3 fully saturated rings. The van der Waals surface area contributed by atoms with Gasteiger partial charge in [0.25, 0.3) is 6.47 Å². The maximum absolute atomic E-state index is 13.6. The standard InChI is InChI=1S/C23H33N3O3.CH2O2/c1-25(2)17-19-16-22(21(28)29-19)12-14-26(15-13-22)20(27)23(10-6-7-11-23)24-18-8-4-3-5-9-18;2-1-3/h3-5,8-9,19,24H,6-7,10-17H2,1-2H3;1H,(H,2,3). The number of esters is 1. The fourth-order valence-corrected chi connectivity index (χ4v) is 5.36. The van der Waals surface area contributed by atoms with Crippen molar-refractivity contribution in [2.75, 3.05) is 39.0 Å². The Balaban J connectivity index is 0.000000913. The quantitative estimate of drug-likeness (QED) is 0.531. The smallest absolute Gasteiger partial charge is 0.312 e. The maximum Gasteiger partial charge on any atom is 0.312 e. The van der Waals surface area contributed by atoms with E-state index in [1.165, 1.54) is 0 Å². The van der Waals surface area contributed by atoms with Crippen LogP contribution in [0.1, 0.15) is 44.9 Å². The van der Waals surface area contributed by atoms with E-state index in [0.717, 1.165) is 44.3 Å². The molecule has 1 atom stereocenters. The van der Waals surface area contributed by atoms with Crippen LogP contribution in [0.3, 0.4) is 0 Å². The molecule has 3 aliphatic rings. The number of rotatable bonds is 5. The minimum Gasteiger partial charge on any atom is -0.483 e. The summed E-state index contributed by atoms with van der Waals surface area (Å²) < 4.78 is 5.66. The van der Waals surface area contributed by atoms with Crippen molar-refractivity contribution in [1.82, 2.24) is 9.80 Å². The predicted molar refractivity (Wildman–Crippen MR) is 121 cm³/mol. The molecular formula is C24H35N3O5. The molecule has 8 heteroatoms. The van der Waals surface area contributed by atoms with Crippen LogP contribution in [0.5, 0.6) is 0 Å². The number of benzene rings is 1. The number of nitrogens with zero attached hydrogens (tertiary/aromatic N) is 2. The van der Waals surface area contributed by atoms with E-state index in [4.69, 9.17) is 14.6 Å². The van der Waals surface area contributed by atoms with E-state index < -0.39 is 11.0 Å². The third-order valence-corrected chi connectivity index (χ3v) is 6.93. The normalized spacial score (nSPS) is 23.4. The lowest BCUT2D eigenvalue weighted by Gasteiger charge is -2.41. The van der Waals surface area contributed by atoms with Crippen molar-refractivity contribution in [2.45, 2.75) is 56.6 Å². The Morgan fingerprint density at radius 3 is 2.34 bits per heavy atom. The molecule has 2 N–H and O–H groups in total. The molecule has 32 heavy (non-hydrogen) atoms. The van der Waals surface area contributed by atoms with Gasteiger partial charge in [-0.1, -0.05) is 31.0 Å². The first-order chi connectivity index (χ1) is 15.3. The molecule has 1 saturated carbocycles. The molecule has 1 aromatic carbocycles. The van der Waals surface area contributed by atoms with Crippen molar-refractivity contribution in [2.24, 2.45) is 5.41 Å². The first-order valence-corrected chi connectivity index (χ1v) is 11.4. The van der Waals surface area contributed by atoms with Crippen LogP contribution in [-0.2, 0) is 19.1 Å². The molecule has 0 aromatic heterocycles. The fraction of sp³-hybridized carbons (Fsp3) is 0.625. The Bertz CT molecular complexity index is 784. The predicted octanol–water partition coefficient (Wildman–Crippen LogP) is 2.60. The SMILES string of the molecule is CN(C)CC1CC2(CCN(C(=O)C3(Nc4ccccc4)CCCC3)CC2)C(=O)O1.O=CO. The summed E-state index contributed by atoms with van der Waals surface area (Å²) in [5.41, 5.74) is 0.102. The van der Waals surface area contributed by atoms with Crippen LogP contribution in [-0.4, -0.2) is 78.6 Å². The van der Waals surface area contributed by atoms with Crippen molar-refractivity contribution in [3.8, 4) is 0 Å². The van der Waals surface area contributed by atoms with Gasteiger partial charge >= 0.3 is 5.97 Å². The van der Waals surface area contributed by atoms with Gasteiger partial charge in [-0.2, -0.15) is 0 Å². The third-order valence-electron chi connectivity index (χ3n) is 6.93. The third kappa shape index (κ3) is 5.23. The number of ether oxygens (including phenoxy) is 1. The molecule has 0 bridgehead atoms. The van der Waals surface area contributed by atoms with Gasteiger partial charge in [0, 0.05) is 31.7 Å². The average molecular weight is 446 g/mol. The number of amides is 1. The van der Waals surface area contributed by atoms with Gasteiger partial charge in [0.2, 0.25) is 5.91 Å². The number of carbonyl (C=O) groups excluding carboxylic acids is 2. The second-order valence-electron chi connectivity index (χ2n) is 9.45. The minimum atomic E-state index is -0.504. The highest BCUT2D eigenvalue weighted by molar-refractivity contribution is 5.90. The first-order valence-electron chi connectivity index (χ1n) is 11.4. The Kier molecular flexibility index (Phi) is 7.77. The lowest BCUT2D eigenvalue weighted by molar-refractivity contribution is -0.153. The van der Waals surface area contributed by atoms with Crippen LogP contribution in [0.25, 0.3) is 0 Å². The van der Waals surface area contributed by atoms with Crippen LogP contribution in [0.4, 0.5) is 5.69 Å². The van der Waals surface area contributed by atoms with E-state index in [1.54, 1.807) is 0 Å². The monoisotopic (exact) mass is 445 g/mol.